The van der Waals surface area contributed by atoms with E-state index in [0.717, 1.165) is 0 Å². The van der Waals surface area contributed by atoms with E-state index in [1.54, 1.807) is 0 Å². The number of carboxylic acid groups (broad SMARTS) is 3. The van der Waals surface area contributed by atoms with Gasteiger partial charge in [-0.3, -0.25) is 9.59 Å². The van der Waals surface area contributed by atoms with E-state index in [1.165, 1.54) is 0 Å². The maximum atomic E-state index is 10.3. The standard InChI is InChI=1S/C6H8O7.CH4.Na.2H2O.H/c7-3(8)1-6(13,5(11)12)2-4(9)10;;;;;/h13H,1-2H2,(H,7,8)(H,9,10)(H,11,12);1H4;;2*1H2;. The molecule has 100 valence electrons. The number of hydrogen-bond acceptors (Lipinski definition) is 4. The Morgan fingerprint density at radius 2 is 1.12 bits per heavy atom. The summed E-state index contributed by atoms with van der Waals surface area (Å²) in [7, 11) is 0. The van der Waals surface area contributed by atoms with Crippen molar-refractivity contribution in [1.82, 2.24) is 0 Å². The average Bonchev–Trinajstić information content (AvgIpc) is 1.82. The van der Waals surface area contributed by atoms with E-state index in [4.69, 9.17) is 20.4 Å². The van der Waals surface area contributed by atoms with Crippen molar-refractivity contribution >= 4 is 47.5 Å². The van der Waals surface area contributed by atoms with Crippen LogP contribution in [0.15, 0.2) is 0 Å². The van der Waals surface area contributed by atoms with Crippen molar-refractivity contribution in [3.05, 3.63) is 0 Å². The average molecular weight is 268 g/mol. The zero-order valence-corrected chi connectivity index (χ0v) is 7.43. The van der Waals surface area contributed by atoms with Crippen molar-refractivity contribution in [2.45, 2.75) is 25.9 Å². The summed E-state index contributed by atoms with van der Waals surface area (Å²) in [5.74, 6) is -5.02. The summed E-state index contributed by atoms with van der Waals surface area (Å²) in [6.07, 6.45) is -2.29. The molecular weight excluding hydrogens is 251 g/mol. The number of rotatable bonds is 5. The van der Waals surface area contributed by atoms with E-state index in [0.29, 0.717) is 0 Å². The van der Waals surface area contributed by atoms with Crippen LogP contribution in [0.1, 0.15) is 20.3 Å². The van der Waals surface area contributed by atoms with Crippen LogP contribution in [-0.2, 0) is 14.4 Å². The van der Waals surface area contributed by atoms with Crippen molar-refractivity contribution in [3.8, 4) is 0 Å². The first kappa shape index (κ1) is 29.9. The molecule has 17 heavy (non-hydrogen) atoms. The molecule has 8 N–H and O–H groups in total. The Morgan fingerprint density at radius 1 is 0.882 bits per heavy atom. The van der Waals surface area contributed by atoms with Crippen LogP contribution in [0.2, 0.25) is 0 Å². The van der Waals surface area contributed by atoms with Gasteiger partial charge in [-0.1, -0.05) is 7.43 Å². The van der Waals surface area contributed by atoms with Crippen molar-refractivity contribution in [3.63, 3.8) is 0 Å². The number of aliphatic hydroxyl groups is 1. The van der Waals surface area contributed by atoms with E-state index in [9.17, 15) is 14.4 Å². The van der Waals surface area contributed by atoms with Gasteiger partial charge in [-0.2, -0.15) is 0 Å². The molecule has 0 aromatic heterocycles. The monoisotopic (exact) mass is 268 g/mol. The van der Waals surface area contributed by atoms with Gasteiger partial charge in [0.05, 0.1) is 12.8 Å². The Labute approximate surface area is 119 Å². The Balaban J connectivity index is -0.000000120. The van der Waals surface area contributed by atoms with Gasteiger partial charge in [0, 0.05) is 0 Å². The summed E-state index contributed by atoms with van der Waals surface area (Å²) in [4.78, 5) is 30.5. The summed E-state index contributed by atoms with van der Waals surface area (Å²) in [6.45, 7) is 0. The SMILES string of the molecule is C.O.O.O=C(O)CC(O)(CC(=O)O)C(=O)O.[NaH]. The Kier molecular flexibility index (Phi) is 20.7. The van der Waals surface area contributed by atoms with Crippen molar-refractivity contribution < 1.29 is 45.8 Å². The van der Waals surface area contributed by atoms with E-state index in [2.05, 4.69) is 0 Å². The minimum absolute atomic E-state index is 0. The third kappa shape index (κ3) is 11.6. The first-order chi connectivity index (χ1) is 5.78. The van der Waals surface area contributed by atoms with Crippen LogP contribution >= 0.6 is 0 Å². The first-order valence-corrected chi connectivity index (χ1v) is 3.17. The molecule has 0 aliphatic rings. The molecule has 0 aromatic carbocycles. The number of carboxylic acids is 3. The summed E-state index contributed by atoms with van der Waals surface area (Å²) in [5, 5.41) is 33.8. The third-order valence-electron chi connectivity index (χ3n) is 1.29. The van der Waals surface area contributed by atoms with Gasteiger partial charge >= 0.3 is 47.5 Å². The molecule has 0 bridgehead atoms. The summed E-state index contributed by atoms with van der Waals surface area (Å²) < 4.78 is 0. The van der Waals surface area contributed by atoms with Crippen LogP contribution in [0.25, 0.3) is 0 Å². The van der Waals surface area contributed by atoms with Gasteiger partial charge < -0.3 is 31.4 Å². The zero-order valence-electron chi connectivity index (χ0n) is 7.43. The second kappa shape index (κ2) is 11.8. The van der Waals surface area contributed by atoms with E-state index >= 15 is 0 Å². The molecule has 0 amide bonds. The molecule has 9 nitrogen and oxygen atoms in total. The van der Waals surface area contributed by atoms with Crippen LogP contribution < -0.4 is 0 Å². The quantitative estimate of drug-likeness (QED) is 0.383. The van der Waals surface area contributed by atoms with Crippen LogP contribution in [0.3, 0.4) is 0 Å². The third-order valence-corrected chi connectivity index (χ3v) is 1.29. The molecule has 0 saturated carbocycles. The molecule has 0 heterocycles. The fourth-order valence-corrected chi connectivity index (χ4v) is 0.714. The molecule has 0 aliphatic heterocycles. The molecule has 0 rings (SSSR count). The summed E-state index contributed by atoms with van der Waals surface area (Å²) >= 11 is 0. The molecule has 0 aliphatic carbocycles. The second-order valence-electron chi connectivity index (χ2n) is 2.48. The van der Waals surface area contributed by atoms with Crippen molar-refractivity contribution in [1.29, 1.82) is 0 Å². The predicted octanol–water partition coefficient (Wildman–Crippen LogP) is -2.91. The van der Waals surface area contributed by atoms with Gasteiger partial charge in [-0.25, -0.2) is 4.79 Å². The van der Waals surface area contributed by atoms with E-state index < -0.39 is 36.4 Å². The fraction of sp³-hybridized carbons (Fsp3) is 0.571. The maximum absolute atomic E-state index is 10.3. The molecule has 0 atom stereocenters. The molecule has 0 radical (unpaired) electrons. The molecule has 0 fully saturated rings. The topological polar surface area (TPSA) is 195 Å². The van der Waals surface area contributed by atoms with Crippen LogP contribution in [0.5, 0.6) is 0 Å². The molecular formula is C7H17NaO9. The van der Waals surface area contributed by atoms with E-state index in [1.807, 2.05) is 0 Å². The second-order valence-corrected chi connectivity index (χ2v) is 2.48. The molecule has 0 saturated heterocycles. The van der Waals surface area contributed by atoms with Gasteiger partial charge in [-0.15, -0.1) is 0 Å². The fourth-order valence-electron chi connectivity index (χ4n) is 0.714. The van der Waals surface area contributed by atoms with Gasteiger partial charge in [0.2, 0.25) is 0 Å². The molecule has 10 heteroatoms. The van der Waals surface area contributed by atoms with E-state index in [-0.39, 0.29) is 47.9 Å². The van der Waals surface area contributed by atoms with Crippen molar-refractivity contribution in [2.24, 2.45) is 0 Å². The van der Waals surface area contributed by atoms with Gasteiger partial charge in [-0.05, 0) is 0 Å². The Morgan fingerprint density at radius 3 is 1.24 bits per heavy atom. The first-order valence-electron chi connectivity index (χ1n) is 3.17. The van der Waals surface area contributed by atoms with Crippen molar-refractivity contribution in [2.75, 3.05) is 0 Å². The number of carbonyl (C=O) groups is 3. The number of hydrogen-bond donors (Lipinski definition) is 4. The summed E-state index contributed by atoms with van der Waals surface area (Å²) in [6, 6.07) is 0. The van der Waals surface area contributed by atoms with Gasteiger partial charge in [0.1, 0.15) is 0 Å². The molecule has 0 spiro atoms. The van der Waals surface area contributed by atoms with Crippen LogP contribution in [0.4, 0.5) is 0 Å². The zero-order chi connectivity index (χ0) is 10.6. The molecule has 0 unspecified atom stereocenters. The Hall–Kier alpha value is -0.710. The van der Waals surface area contributed by atoms with Crippen LogP contribution in [-0.4, -0.2) is 84.4 Å². The summed E-state index contributed by atoms with van der Waals surface area (Å²) in [5.41, 5.74) is -2.74. The number of aliphatic carboxylic acids is 3. The Bertz CT molecular complexity index is 236. The minimum atomic E-state index is -2.74. The normalized spacial score (nSPS) is 8.29. The van der Waals surface area contributed by atoms with Gasteiger partial charge in [0.25, 0.3) is 0 Å². The van der Waals surface area contributed by atoms with Gasteiger partial charge in [0.15, 0.2) is 5.60 Å². The molecule has 0 aromatic rings. The predicted molar refractivity (Wildman–Crippen MR) is 58.2 cm³/mol. The van der Waals surface area contributed by atoms with Crippen LogP contribution in [0, 0.1) is 0 Å².